The number of nitro benzene ring substituents is 1. The number of aromatic hydroxyl groups is 1. The van der Waals surface area contributed by atoms with Crippen molar-refractivity contribution in [2.24, 2.45) is 0 Å². The fourth-order valence-corrected chi connectivity index (χ4v) is 5.04. The number of nitrogens with one attached hydrogen (secondary N) is 3. The van der Waals surface area contributed by atoms with Crippen LogP contribution in [0.2, 0.25) is 0 Å². The molecule has 1 unspecified atom stereocenters. The summed E-state index contributed by atoms with van der Waals surface area (Å²) in [6, 6.07) is 23.9. The monoisotopic (exact) mass is 626 g/mol. The number of aryl methyl sites for hydroxylation is 1. The largest absolute Gasteiger partial charge is 0.508 e. The van der Waals surface area contributed by atoms with Crippen LogP contribution < -0.4 is 20.7 Å². The minimum absolute atomic E-state index is 0.0271. The molecule has 4 rings (SSSR count). The minimum atomic E-state index is -0.622. The Morgan fingerprint density at radius 1 is 0.956 bits per heavy atom. The Morgan fingerprint density at radius 2 is 1.71 bits per heavy atom. The van der Waals surface area contributed by atoms with E-state index in [1.165, 1.54) is 49.2 Å². The molecule has 11 nitrogen and oxygen atoms in total. The van der Waals surface area contributed by atoms with Crippen LogP contribution in [-0.4, -0.2) is 40.1 Å². The average Bonchev–Trinajstić information content (AvgIpc) is 3.02. The number of phenolic OH excluding ortho intramolecular Hbond substituents is 1. The number of nitro groups is 1. The number of nitrogens with zero attached hydrogens (tertiary/aromatic N) is 1. The molecule has 230 valence electrons. The molecule has 4 aromatic rings. The Morgan fingerprint density at radius 3 is 2.42 bits per heavy atom. The summed E-state index contributed by atoms with van der Waals surface area (Å²) in [5.74, 6) is -1.21. The number of non-ortho nitro benzene ring substituents is 1. The number of thioether (sulfide) groups is 1. The van der Waals surface area contributed by atoms with Gasteiger partial charge in [0.15, 0.2) is 0 Å². The lowest BCUT2D eigenvalue weighted by Gasteiger charge is -2.15. The number of amides is 3. The van der Waals surface area contributed by atoms with Gasteiger partial charge in [0.25, 0.3) is 17.5 Å². The molecular formula is C33H30N4O7S. The highest BCUT2D eigenvalue weighted by Gasteiger charge is 2.19. The molecule has 0 aliphatic heterocycles. The summed E-state index contributed by atoms with van der Waals surface area (Å²) in [5.41, 5.74) is 2.03. The Kier molecular flexibility index (Phi) is 10.6. The second kappa shape index (κ2) is 14.7. The van der Waals surface area contributed by atoms with Crippen LogP contribution in [0.25, 0.3) is 6.08 Å². The van der Waals surface area contributed by atoms with Crippen molar-refractivity contribution >= 4 is 52.6 Å². The zero-order chi connectivity index (χ0) is 32.5. The van der Waals surface area contributed by atoms with E-state index in [-0.39, 0.29) is 23.0 Å². The first-order valence-corrected chi connectivity index (χ1v) is 14.5. The third kappa shape index (κ3) is 8.71. The molecule has 1 atom stereocenters. The lowest BCUT2D eigenvalue weighted by Crippen LogP contribution is -2.30. The number of phenols is 1. The molecule has 4 aromatic carbocycles. The number of rotatable bonds is 11. The molecule has 0 aliphatic rings. The van der Waals surface area contributed by atoms with E-state index >= 15 is 0 Å². The Hall–Kier alpha value is -5.62. The molecule has 0 aliphatic carbocycles. The molecule has 4 N–H and O–H groups in total. The van der Waals surface area contributed by atoms with E-state index in [0.29, 0.717) is 38.7 Å². The fourth-order valence-electron chi connectivity index (χ4n) is 4.11. The van der Waals surface area contributed by atoms with Gasteiger partial charge in [0.2, 0.25) is 5.91 Å². The molecule has 0 fully saturated rings. The van der Waals surface area contributed by atoms with Crippen molar-refractivity contribution in [3.8, 4) is 11.5 Å². The molecule has 0 saturated heterocycles. The van der Waals surface area contributed by atoms with E-state index in [0.717, 1.165) is 0 Å². The molecule has 0 radical (unpaired) electrons. The van der Waals surface area contributed by atoms with Gasteiger partial charge in [0, 0.05) is 39.9 Å². The first kappa shape index (κ1) is 32.3. The highest BCUT2D eigenvalue weighted by molar-refractivity contribution is 8.00. The van der Waals surface area contributed by atoms with E-state index < -0.39 is 22.0 Å². The summed E-state index contributed by atoms with van der Waals surface area (Å²) < 4.78 is 5.33. The zero-order valence-corrected chi connectivity index (χ0v) is 25.4. The quantitative estimate of drug-likeness (QED) is 0.0668. The maximum absolute atomic E-state index is 13.5. The van der Waals surface area contributed by atoms with Gasteiger partial charge in [-0.1, -0.05) is 30.3 Å². The smallest absolute Gasteiger partial charge is 0.272 e. The van der Waals surface area contributed by atoms with E-state index in [1.807, 2.05) is 0 Å². The van der Waals surface area contributed by atoms with Crippen LogP contribution in [0.5, 0.6) is 11.5 Å². The predicted molar refractivity (Wildman–Crippen MR) is 173 cm³/mol. The number of carbonyl (C=O) groups excluding carboxylic acids is 3. The molecule has 3 amide bonds. The number of benzene rings is 4. The summed E-state index contributed by atoms with van der Waals surface area (Å²) in [6.45, 7) is 3.44. The second-order valence-corrected chi connectivity index (χ2v) is 11.2. The van der Waals surface area contributed by atoms with Crippen LogP contribution in [-0.2, 0) is 9.59 Å². The van der Waals surface area contributed by atoms with E-state index in [4.69, 9.17) is 4.74 Å². The lowest BCUT2D eigenvalue weighted by atomic mass is 10.1. The molecule has 0 saturated carbocycles. The standard InChI is InChI=1S/C33H30N4O7S/c1-20-12-14-25(37(42)43)18-28(20)35-31(39)21(2)45-27-11-7-10-24(17-27)34-33(41)29(36-32(40)22-8-5-4-6-9-22)16-23-13-15-26(38)19-30(23)44-3/h4-19,21,38H,1-3H3,(H,34,41)(H,35,39)(H,36,40)/b29-16+. The average molecular weight is 627 g/mol. The van der Waals surface area contributed by atoms with Crippen LogP contribution >= 0.6 is 11.8 Å². The van der Waals surface area contributed by atoms with Gasteiger partial charge in [-0.25, -0.2) is 0 Å². The first-order valence-electron chi connectivity index (χ1n) is 13.6. The predicted octanol–water partition coefficient (Wildman–Crippen LogP) is 6.15. The summed E-state index contributed by atoms with van der Waals surface area (Å²) in [6.07, 6.45) is 1.44. The number of anilines is 2. The lowest BCUT2D eigenvalue weighted by molar-refractivity contribution is -0.384. The fraction of sp³-hybridized carbons (Fsp3) is 0.121. The van der Waals surface area contributed by atoms with Gasteiger partial charge in [-0.2, -0.15) is 0 Å². The van der Waals surface area contributed by atoms with Gasteiger partial charge < -0.3 is 25.8 Å². The Bertz CT molecular complexity index is 1780. The van der Waals surface area contributed by atoms with Crippen LogP contribution in [0.15, 0.2) is 102 Å². The van der Waals surface area contributed by atoms with Crippen molar-refractivity contribution in [3.05, 3.63) is 123 Å². The van der Waals surface area contributed by atoms with E-state index in [2.05, 4.69) is 16.0 Å². The van der Waals surface area contributed by atoms with Crippen LogP contribution in [0.1, 0.15) is 28.4 Å². The SMILES string of the molecule is COc1cc(O)ccc1/C=C(/NC(=O)c1ccccc1)C(=O)Nc1cccc(SC(C)C(=O)Nc2cc([N+](=O)[O-])ccc2C)c1. The van der Waals surface area contributed by atoms with Crippen LogP contribution in [0.4, 0.5) is 17.1 Å². The van der Waals surface area contributed by atoms with Crippen molar-refractivity contribution in [1.29, 1.82) is 0 Å². The molecule has 0 aromatic heterocycles. The van der Waals surface area contributed by atoms with Gasteiger partial charge >= 0.3 is 0 Å². The number of carbonyl (C=O) groups is 3. The number of hydrogen-bond donors (Lipinski definition) is 4. The highest BCUT2D eigenvalue weighted by atomic mass is 32.2. The molecular weight excluding hydrogens is 596 g/mol. The molecule has 12 heteroatoms. The maximum atomic E-state index is 13.5. The van der Waals surface area contributed by atoms with Crippen molar-refractivity contribution in [2.75, 3.05) is 17.7 Å². The third-order valence-corrected chi connectivity index (χ3v) is 7.60. The normalized spacial score (nSPS) is 11.7. The Balaban J connectivity index is 1.52. The van der Waals surface area contributed by atoms with Gasteiger partial charge in [0.1, 0.15) is 17.2 Å². The van der Waals surface area contributed by atoms with Crippen molar-refractivity contribution in [2.45, 2.75) is 24.0 Å². The highest BCUT2D eigenvalue weighted by Crippen LogP contribution is 2.29. The van der Waals surface area contributed by atoms with Crippen molar-refractivity contribution in [3.63, 3.8) is 0 Å². The van der Waals surface area contributed by atoms with Crippen molar-refractivity contribution in [1.82, 2.24) is 5.32 Å². The van der Waals surface area contributed by atoms with Crippen LogP contribution in [0.3, 0.4) is 0 Å². The molecule has 0 bridgehead atoms. The van der Waals surface area contributed by atoms with Crippen molar-refractivity contribution < 1.29 is 29.2 Å². The maximum Gasteiger partial charge on any atom is 0.272 e. The van der Waals surface area contributed by atoms with Gasteiger partial charge in [-0.15, -0.1) is 11.8 Å². The second-order valence-electron chi connectivity index (χ2n) is 9.79. The van der Waals surface area contributed by atoms with E-state index in [9.17, 15) is 29.6 Å². The van der Waals surface area contributed by atoms with Gasteiger partial charge in [-0.05, 0) is 68.0 Å². The minimum Gasteiger partial charge on any atom is -0.508 e. The van der Waals surface area contributed by atoms with Gasteiger partial charge in [-0.3, -0.25) is 24.5 Å². The third-order valence-electron chi connectivity index (χ3n) is 6.51. The number of methoxy groups -OCH3 is 1. The Labute approximate surface area is 263 Å². The number of ether oxygens (including phenoxy) is 1. The molecule has 45 heavy (non-hydrogen) atoms. The molecule has 0 heterocycles. The zero-order valence-electron chi connectivity index (χ0n) is 24.6. The summed E-state index contributed by atoms with van der Waals surface area (Å²) in [4.78, 5) is 50.7. The summed E-state index contributed by atoms with van der Waals surface area (Å²) in [5, 5.41) is 28.6. The summed E-state index contributed by atoms with van der Waals surface area (Å²) in [7, 11) is 1.42. The molecule has 0 spiro atoms. The number of hydrogen-bond acceptors (Lipinski definition) is 8. The van der Waals surface area contributed by atoms with Gasteiger partial charge in [0.05, 0.1) is 23.0 Å². The first-order chi connectivity index (χ1) is 21.5. The van der Waals surface area contributed by atoms with Crippen LogP contribution in [0, 0.1) is 17.0 Å². The topological polar surface area (TPSA) is 160 Å². The van der Waals surface area contributed by atoms with E-state index in [1.54, 1.807) is 80.6 Å². The summed E-state index contributed by atoms with van der Waals surface area (Å²) >= 11 is 1.23.